The van der Waals surface area contributed by atoms with Crippen LogP contribution in [0.25, 0.3) is 0 Å². The molecular formula is C62H106N10. The summed E-state index contributed by atoms with van der Waals surface area (Å²) in [6, 6.07) is 5.13. The number of rotatable bonds is 6. The van der Waals surface area contributed by atoms with Crippen molar-refractivity contribution in [3.05, 3.63) is 0 Å². The van der Waals surface area contributed by atoms with Crippen molar-refractivity contribution >= 4 is 0 Å². The van der Waals surface area contributed by atoms with Gasteiger partial charge in [0.2, 0.25) is 0 Å². The molecule has 0 radical (unpaired) electrons. The molecule has 5 saturated carbocycles. The Kier molecular flexibility index (Phi) is 14.2. The standard InChI is InChI=1S/C62H106N10/c1-3-15-53-51(9-1)57-55(71(53)41-33-37(43-19-27-67-59-47(43)11-5-23-63-59)31-38(34-41)44-20-28-68-60-48(44)12-6-24-64-60)17-18-56-58(57)52-10-2-4-16-54(52)72(56)42-35-39(45-21-29-69-61-49(45)13-7-25-65-61)32-40(36-42)46-22-30-70-62-50(46)14-8-26-66-62/h37-70H,1-36H2. The normalized spacial score (nSPS) is 55.2. The Morgan fingerprint density at radius 3 is 0.847 bits per heavy atom. The lowest BCUT2D eigenvalue weighted by atomic mass is 9.59. The Morgan fingerprint density at radius 1 is 0.222 bits per heavy atom. The van der Waals surface area contributed by atoms with Crippen LogP contribution in [0.3, 0.4) is 0 Å². The molecule has 0 aromatic heterocycles. The molecular weight excluding hydrogens is 885 g/mol. The summed E-state index contributed by atoms with van der Waals surface area (Å²) in [6.45, 7) is 9.84. The van der Waals surface area contributed by atoms with Crippen LogP contribution in [-0.4, -0.2) is 123 Å². The second-order valence-corrected chi connectivity index (χ2v) is 29.1. The molecule has 15 rings (SSSR count). The lowest BCUT2D eigenvalue weighted by molar-refractivity contribution is -0.0451. The second kappa shape index (κ2) is 21.0. The summed E-state index contributed by atoms with van der Waals surface area (Å²) in [5, 5.41) is 32.2. The first-order valence-electron chi connectivity index (χ1n) is 33.1. The van der Waals surface area contributed by atoms with Crippen molar-refractivity contribution in [3.63, 3.8) is 0 Å². The molecule has 0 spiro atoms. The van der Waals surface area contributed by atoms with Gasteiger partial charge in [-0.25, -0.2) is 0 Å². The van der Waals surface area contributed by atoms with E-state index in [0.29, 0.717) is 24.7 Å². The molecule has 10 saturated heterocycles. The SMILES string of the molecule is C1CNC2NCCC(C3CC(C4CCNC5NCCCC54)CC(N4C5CCCCC5C5C6C7CCCCC7N(C7CC(C8CCNC9NCCCC98)CC(C8CCNC9NCCCC98)C7)C6CCC54)C3)C2C1. The van der Waals surface area contributed by atoms with Gasteiger partial charge in [0.25, 0.3) is 0 Å². The van der Waals surface area contributed by atoms with Crippen LogP contribution in [0.5, 0.6) is 0 Å². The highest BCUT2D eigenvalue weighted by molar-refractivity contribution is 5.17. The monoisotopic (exact) mass is 991 g/mol. The van der Waals surface area contributed by atoms with Crippen molar-refractivity contribution in [2.45, 2.75) is 241 Å². The van der Waals surface area contributed by atoms with Gasteiger partial charge in [0.05, 0.1) is 24.7 Å². The van der Waals surface area contributed by atoms with Gasteiger partial charge in [-0.05, 0) is 301 Å². The highest BCUT2D eigenvalue weighted by Gasteiger charge is 2.65. The van der Waals surface area contributed by atoms with E-state index in [1.807, 2.05) is 0 Å². The molecule has 10 heterocycles. The molecule has 404 valence electrons. The smallest absolute Gasteiger partial charge is 0.0603 e. The minimum absolute atomic E-state index is 0.571. The molecule has 10 aliphatic heterocycles. The lowest BCUT2D eigenvalue weighted by Gasteiger charge is -2.55. The van der Waals surface area contributed by atoms with E-state index in [2.05, 4.69) is 52.3 Å². The Morgan fingerprint density at radius 2 is 0.514 bits per heavy atom. The summed E-state index contributed by atoms with van der Waals surface area (Å²) < 4.78 is 0. The molecule has 8 N–H and O–H groups in total. The molecule has 24 atom stereocenters. The third-order valence-corrected chi connectivity index (χ3v) is 26.5. The van der Waals surface area contributed by atoms with Gasteiger partial charge in [-0.15, -0.1) is 0 Å². The minimum Gasteiger partial charge on any atom is -0.302 e. The van der Waals surface area contributed by atoms with Crippen LogP contribution >= 0.6 is 0 Å². The highest BCUT2D eigenvalue weighted by Crippen LogP contribution is 2.63. The van der Waals surface area contributed by atoms with Crippen LogP contribution < -0.4 is 42.5 Å². The van der Waals surface area contributed by atoms with Gasteiger partial charge < -0.3 is 42.5 Å². The number of nitrogens with one attached hydrogen (secondary N) is 8. The molecule has 0 aromatic rings. The van der Waals surface area contributed by atoms with E-state index in [1.165, 1.54) is 206 Å². The van der Waals surface area contributed by atoms with Crippen molar-refractivity contribution in [3.8, 4) is 0 Å². The van der Waals surface area contributed by atoms with E-state index in [0.717, 1.165) is 131 Å². The average molecular weight is 992 g/mol. The molecule has 72 heavy (non-hydrogen) atoms. The van der Waals surface area contributed by atoms with Crippen molar-refractivity contribution in [2.75, 3.05) is 52.4 Å². The summed E-state index contributed by atoms with van der Waals surface area (Å²) in [5.74, 6) is 14.6. The fourth-order valence-electron chi connectivity index (χ4n) is 24.4. The van der Waals surface area contributed by atoms with E-state index < -0.39 is 0 Å². The van der Waals surface area contributed by atoms with E-state index >= 15 is 0 Å². The van der Waals surface area contributed by atoms with Crippen LogP contribution in [0, 0.1) is 94.7 Å². The van der Waals surface area contributed by atoms with Crippen LogP contribution in [0.1, 0.15) is 180 Å². The Labute approximate surface area is 438 Å². The zero-order valence-corrected chi connectivity index (χ0v) is 45.4. The third-order valence-electron chi connectivity index (χ3n) is 26.5. The van der Waals surface area contributed by atoms with Crippen molar-refractivity contribution in [1.29, 1.82) is 0 Å². The molecule has 0 amide bonds. The van der Waals surface area contributed by atoms with Crippen LogP contribution in [-0.2, 0) is 0 Å². The quantitative estimate of drug-likeness (QED) is 0.135. The Hall–Kier alpha value is -0.400. The van der Waals surface area contributed by atoms with Crippen molar-refractivity contribution in [1.82, 2.24) is 52.3 Å². The van der Waals surface area contributed by atoms with Crippen LogP contribution in [0.2, 0.25) is 0 Å². The molecule has 24 unspecified atom stereocenters. The fourth-order valence-corrected chi connectivity index (χ4v) is 24.4. The number of fused-ring (bicyclic) bond motifs is 11. The molecule has 15 aliphatic rings. The van der Waals surface area contributed by atoms with Gasteiger partial charge in [0.1, 0.15) is 0 Å². The number of nitrogens with zero attached hydrogens (tertiary/aromatic N) is 2. The van der Waals surface area contributed by atoms with Crippen LogP contribution in [0.15, 0.2) is 0 Å². The van der Waals surface area contributed by atoms with Gasteiger partial charge in [0.15, 0.2) is 0 Å². The molecule has 15 fully saturated rings. The predicted molar refractivity (Wildman–Crippen MR) is 291 cm³/mol. The third kappa shape index (κ3) is 8.65. The largest absolute Gasteiger partial charge is 0.302 e. The topological polar surface area (TPSA) is 103 Å². The summed E-state index contributed by atoms with van der Waals surface area (Å²) in [5.41, 5.74) is 0. The first-order valence-corrected chi connectivity index (χ1v) is 33.1. The fraction of sp³-hybridized carbons (Fsp3) is 1.00. The number of piperidine rings is 8. The number of hydrogen-bond acceptors (Lipinski definition) is 10. The molecule has 0 bridgehead atoms. The molecule has 10 heteroatoms. The van der Waals surface area contributed by atoms with Gasteiger partial charge in [-0.3, -0.25) is 9.80 Å². The average Bonchev–Trinajstić information content (AvgIpc) is 3.97. The lowest BCUT2D eigenvalue weighted by Crippen LogP contribution is -2.61. The molecule has 10 nitrogen and oxygen atoms in total. The second-order valence-electron chi connectivity index (χ2n) is 29.1. The number of hydrogen-bond donors (Lipinski definition) is 8. The van der Waals surface area contributed by atoms with E-state index in [9.17, 15) is 0 Å². The van der Waals surface area contributed by atoms with Crippen LogP contribution in [0.4, 0.5) is 0 Å². The zero-order valence-electron chi connectivity index (χ0n) is 45.4. The zero-order chi connectivity index (χ0) is 47.3. The summed E-state index contributed by atoms with van der Waals surface area (Å²) >= 11 is 0. The maximum Gasteiger partial charge on any atom is 0.0603 e. The first-order chi connectivity index (χ1) is 35.7. The van der Waals surface area contributed by atoms with E-state index in [4.69, 9.17) is 0 Å². The van der Waals surface area contributed by atoms with Gasteiger partial charge in [0, 0.05) is 36.3 Å². The summed E-state index contributed by atoms with van der Waals surface area (Å²) in [7, 11) is 0. The predicted octanol–water partition coefficient (Wildman–Crippen LogP) is 7.81. The molecule has 5 aliphatic carbocycles. The van der Waals surface area contributed by atoms with Crippen molar-refractivity contribution in [2.24, 2.45) is 94.7 Å². The summed E-state index contributed by atoms with van der Waals surface area (Å²) in [4.78, 5) is 7.06. The minimum atomic E-state index is 0.571. The van der Waals surface area contributed by atoms with E-state index in [1.54, 1.807) is 25.7 Å². The first kappa shape index (κ1) is 48.7. The summed E-state index contributed by atoms with van der Waals surface area (Å²) in [6.07, 6.45) is 43.9. The van der Waals surface area contributed by atoms with E-state index in [-0.39, 0.29) is 0 Å². The van der Waals surface area contributed by atoms with Gasteiger partial charge in [-0.1, -0.05) is 25.7 Å². The highest BCUT2D eigenvalue weighted by atomic mass is 15.3. The molecule has 0 aromatic carbocycles. The Balaban J connectivity index is 0.751. The van der Waals surface area contributed by atoms with Crippen molar-refractivity contribution < 1.29 is 0 Å². The number of likely N-dealkylation sites (tertiary alicyclic amines) is 2. The van der Waals surface area contributed by atoms with Gasteiger partial charge in [-0.2, -0.15) is 0 Å². The maximum atomic E-state index is 4.02. The Bertz CT molecular complexity index is 1610. The van der Waals surface area contributed by atoms with Gasteiger partial charge >= 0.3 is 0 Å². The maximum absolute atomic E-state index is 4.02.